The van der Waals surface area contributed by atoms with Crippen LogP contribution in [0, 0.1) is 5.92 Å². The van der Waals surface area contributed by atoms with Crippen molar-refractivity contribution >= 4 is 11.7 Å². The second-order valence-electron chi connectivity index (χ2n) is 6.21. The first-order valence-corrected chi connectivity index (χ1v) is 9.28. The van der Waals surface area contributed by atoms with Crippen LogP contribution in [0.4, 0.5) is 0 Å². The van der Waals surface area contributed by atoms with Gasteiger partial charge in [-0.25, -0.2) is 0 Å². The highest BCUT2D eigenvalue weighted by atomic mass is 16.1. The predicted octanol–water partition coefficient (Wildman–Crippen LogP) is 5.52. The summed E-state index contributed by atoms with van der Waals surface area (Å²) < 4.78 is 0. The minimum Gasteiger partial charge on any atom is -0.356 e. The van der Waals surface area contributed by atoms with Crippen molar-refractivity contribution in [3.63, 3.8) is 0 Å². The molecule has 0 aromatic carbocycles. The van der Waals surface area contributed by atoms with E-state index in [0.717, 1.165) is 51.0 Å². The third kappa shape index (κ3) is 21.4. The van der Waals surface area contributed by atoms with Gasteiger partial charge >= 0.3 is 0 Å². The Hall–Kier alpha value is -0.860. The zero-order chi connectivity index (χ0) is 17.2. The van der Waals surface area contributed by atoms with Crippen LogP contribution in [0.1, 0.15) is 100 Å². The van der Waals surface area contributed by atoms with Crippen LogP contribution in [-0.4, -0.2) is 18.2 Å². The first-order valence-electron chi connectivity index (χ1n) is 9.28. The molecule has 0 aromatic heterocycles. The van der Waals surface area contributed by atoms with E-state index >= 15 is 0 Å². The van der Waals surface area contributed by atoms with E-state index in [0.29, 0.717) is 12.2 Å². The molecule has 0 atom stereocenters. The molecule has 0 fully saturated rings. The van der Waals surface area contributed by atoms with E-state index in [9.17, 15) is 9.59 Å². The number of ketones is 1. The van der Waals surface area contributed by atoms with Crippen molar-refractivity contribution in [2.24, 2.45) is 5.92 Å². The Morgan fingerprint density at radius 1 is 0.864 bits per heavy atom. The lowest BCUT2D eigenvalue weighted by Crippen LogP contribution is -2.24. The maximum atomic E-state index is 11.5. The van der Waals surface area contributed by atoms with Crippen molar-refractivity contribution in [2.45, 2.75) is 98.8 Å². The summed E-state index contributed by atoms with van der Waals surface area (Å²) in [5, 5.41) is 2.99. The molecule has 0 heterocycles. The fraction of sp³-hybridized carbons (Fsp3) is 0.895. The molecule has 3 heteroatoms. The molecule has 0 aliphatic heterocycles. The lowest BCUT2D eigenvalue weighted by molar-refractivity contribution is -0.121. The standard InChI is InChI=1S/C17H33NO2.C2H6.H2/c1-15(2)11-10-14-18-17(20)13-9-7-5-4-6-8-12-16(3)19;1-2;/h15H,4-14H2,1-3H3,(H,18,20);1-2H3;1H. The number of carbonyl (C=O) groups is 2. The van der Waals surface area contributed by atoms with E-state index < -0.39 is 0 Å². The summed E-state index contributed by atoms with van der Waals surface area (Å²) in [4.78, 5) is 22.3. The second kappa shape index (κ2) is 18.2. The Morgan fingerprint density at radius 3 is 1.86 bits per heavy atom. The number of hydrogen-bond donors (Lipinski definition) is 1. The summed E-state index contributed by atoms with van der Waals surface area (Å²) in [6.45, 7) is 10.9. The molecule has 0 rings (SSSR count). The highest BCUT2D eigenvalue weighted by molar-refractivity contribution is 5.75. The van der Waals surface area contributed by atoms with Crippen LogP contribution >= 0.6 is 0 Å². The number of hydrogen-bond acceptors (Lipinski definition) is 2. The average molecular weight is 316 g/mol. The molecule has 22 heavy (non-hydrogen) atoms. The van der Waals surface area contributed by atoms with Crippen LogP contribution in [0.3, 0.4) is 0 Å². The van der Waals surface area contributed by atoms with Crippen molar-refractivity contribution in [2.75, 3.05) is 6.54 Å². The van der Waals surface area contributed by atoms with Gasteiger partial charge in [-0.05, 0) is 38.5 Å². The zero-order valence-corrected chi connectivity index (χ0v) is 15.7. The van der Waals surface area contributed by atoms with Gasteiger partial charge in [0.2, 0.25) is 5.91 Å². The first kappa shape index (κ1) is 23.4. The van der Waals surface area contributed by atoms with Crippen LogP contribution in [0.2, 0.25) is 0 Å². The molecule has 1 amide bonds. The fourth-order valence-corrected chi connectivity index (χ4v) is 2.19. The highest BCUT2D eigenvalue weighted by Crippen LogP contribution is 2.09. The molecule has 0 unspecified atom stereocenters. The molecule has 0 aromatic rings. The number of nitrogens with one attached hydrogen (secondary N) is 1. The summed E-state index contributed by atoms with van der Waals surface area (Å²) in [5.74, 6) is 1.21. The number of amides is 1. The topological polar surface area (TPSA) is 46.2 Å². The first-order chi connectivity index (χ1) is 10.5. The van der Waals surface area contributed by atoms with Crippen molar-refractivity contribution in [3.8, 4) is 0 Å². The monoisotopic (exact) mass is 315 g/mol. The third-order valence-electron chi connectivity index (χ3n) is 3.46. The van der Waals surface area contributed by atoms with Crippen molar-refractivity contribution < 1.29 is 11.0 Å². The SMILES string of the molecule is CC.CC(=O)CCCCCCCCC(=O)NCCCC(C)C.[HH]. The van der Waals surface area contributed by atoms with Crippen molar-refractivity contribution in [1.29, 1.82) is 0 Å². The molecule has 0 radical (unpaired) electrons. The van der Waals surface area contributed by atoms with E-state index in [1.54, 1.807) is 6.92 Å². The van der Waals surface area contributed by atoms with Crippen LogP contribution in [0.5, 0.6) is 0 Å². The minimum absolute atomic E-state index is 0. The average Bonchev–Trinajstić information content (AvgIpc) is 2.48. The van der Waals surface area contributed by atoms with Gasteiger partial charge in [-0.3, -0.25) is 4.79 Å². The smallest absolute Gasteiger partial charge is 0.219 e. The maximum Gasteiger partial charge on any atom is 0.219 e. The van der Waals surface area contributed by atoms with Crippen molar-refractivity contribution in [1.82, 2.24) is 5.32 Å². The van der Waals surface area contributed by atoms with Crippen molar-refractivity contribution in [3.05, 3.63) is 0 Å². The lowest BCUT2D eigenvalue weighted by atomic mass is 10.1. The molecular formula is C19H41NO2. The van der Waals surface area contributed by atoms with E-state index in [2.05, 4.69) is 19.2 Å². The Kier molecular flexibility index (Phi) is 19.4. The Labute approximate surface area is 140 Å². The molecule has 0 spiro atoms. The summed E-state index contributed by atoms with van der Waals surface area (Å²) in [5.41, 5.74) is 0. The van der Waals surface area contributed by atoms with Gasteiger partial charge in [0.15, 0.2) is 0 Å². The summed E-state index contributed by atoms with van der Waals surface area (Å²) in [7, 11) is 0. The number of carbonyl (C=O) groups excluding carboxylic acids is 2. The van der Waals surface area contributed by atoms with Gasteiger partial charge in [-0.2, -0.15) is 0 Å². The Morgan fingerprint density at radius 2 is 1.36 bits per heavy atom. The molecule has 3 nitrogen and oxygen atoms in total. The van der Waals surface area contributed by atoms with Gasteiger partial charge in [0.25, 0.3) is 0 Å². The third-order valence-corrected chi connectivity index (χ3v) is 3.46. The van der Waals surface area contributed by atoms with Crippen LogP contribution < -0.4 is 5.32 Å². The molecule has 1 N–H and O–H groups in total. The van der Waals surface area contributed by atoms with Gasteiger partial charge in [0, 0.05) is 20.8 Å². The van der Waals surface area contributed by atoms with E-state index in [1.165, 1.54) is 19.3 Å². The van der Waals surface area contributed by atoms with Gasteiger partial charge in [0.05, 0.1) is 0 Å². The van der Waals surface area contributed by atoms with E-state index in [-0.39, 0.29) is 7.33 Å². The molecular weight excluding hydrogens is 274 g/mol. The van der Waals surface area contributed by atoms with Gasteiger partial charge < -0.3 is 10.1 Å². The van der Waals surface area contributed by atoms with Crippen LogP contribution in [0.15, 0.2) is 0 Å². The molecule has 0 bridgehead atoms. The normalized spacial score (nSPS) is 10.1. The summed E-state index contributed by atoms with van der Waals surface area (Å²) in [6, 6.07) is 0. The molecule has 0 aliphatic rings. The maximum absolute atomic E-state index is 11.5. The van der Waals surface area contributed by atoms with Gasteiger partial charge in [-0.15, -0.1) is 0 Å². The number of unbranched alkanes of at least 4 members (excludes halogenated alkanes) is 5. The highest BCUT2D eigenvalue weighted by Gasteiger charge is 2.01. The Balaban J connectivity index is -0.00000128. The van der Waals surface area contributed by atoms with E-state index in [1.807, 2.05) is 13.8 Å². The Bertz CT molecular complexity index is 268. The van der Waals surface area contributed by atoms with Crippen LogP contribution in [-0.2, 0) is 9.59 Å². The minimum atomic E-state index is 0. The summed E-state index contributed by atoms with van der Waals surface area (Å²) in [6.07, 6.45) is 10.3. The van der Waals surface area contributed by atoms with Crippen LogP contribution in [0.25, 0.3) is 0 Å². The van der Waals surface area contributed by atoms with E-state index in [4.69, 9.17) is 0 Å². The molecule has 0 saturated heterocycles. The lowest BCUT2D eigenvalue weighted by Gasteiger charge is -2.06. The fourth-order valence-electron chi connectivity index (χ4n) is 2.19. The second-order valence-corrected chi connectivity index (χ2v) is 6.21. The molecule has 0 saturated carbocycles. The van der Waals surface area contributed by atoms with Gasteiger partial charge in [-0.1, -0.05) is 53.4 Å². The predicted molar refractivity (Wildman–Crippen MR) is 98.2 cm³/mol. The summed E-state index contributed by atoms with van der Waals surface area (Å²) >= 11 is 0. The molecule has 0 aliphatic carbocycles. The van der Waals surface area contributed by atoms with Gasteiger partial charge in [0.1, 0.15) is 5.78 Å². The number of Topliss-reactive ketones (excluding diaryl/α,β-unsaturated/α-hetero) is 1. The largest absolute Gasteiger partial charge is 0.356 e. The quantitative estimate of drug-likeness (QED) is 0.455. The number of rotatable bonds is 13. The molecule has 134 valence electrons. The zero-order valence-electron chi connectivity index (χ0n) is 15.7.